The van der Waals surface area contributed by atoms with Gasteiger partial charge in [0.05, 0.1) is 5.69 Å². The summed E-state index contributed by atoms with van der Waals surface area (Å²) in [5.41, 5.74) is 7.81. The van der Waals surface area contributed by atoms with Gasteiger partial charge in [-0.15, -0.1) is 0 Å². The lowest BCUT2D eigenvalue weighted by Crippen LogP contribution is -2.34. The van der Waals surface area contributed by atoms with E-state index in [-0.39, 0.29) is 5.82 Å². The monoisotopic (exact) mass is 436 g/mol. The van der Waals surface area contributed by atoms with Gasteiger partial charge in [-0.3, -0.25) is 0 Å². The van der Waals surface area contributed by atoms with Crippen molar-refractivity contribution >= 4 is 38.7 Å². The fourth-order valence-corrected chi connectivity index (χ4v) is 3.07. The normalized spacial score (nSPS) is 12.1. The third-order valence-electron chi connectivity index (χ3n) is 4.54. The Balaban J connectivity index is 2.19. The lowest BCUT2D eigenvalue weighted by atomic mass is 10.1. The minimum Gasteiger partial charge on any atom is -0.384 e. The summed E-state index contributed by atoms with van der Waals surface area (Å²) in [7, 11) is 0.611. The lowest BCUT2D eigenvalue weighted by molar-refractivity contribution is 0.413. The number of nitrogens with two attached hydrogens (primary N) is 1. The average molecular weight is 437 g/mol. The molecule has 8 nitrogen and oxygen atoms in total. The molecule has 10 heteroatoms. The molecule has 0 aliphatic carbocycles. The van der Waals surface area contributed by atoms with Crippen molar-refractivity contribution in [1.29, 1.82) is 0 Å². The van der Waals surface area contributed by atoms with Crippen LogP contribution < -0.4 is 16.4 Å². The predicted octanol–water partition coefficient (Wildman–Crippen LogP) is 1.85. The Morgan fingerprint density at radius 2 is 1.83 bits per heavy atom. The third-order valence-corrected chi connectivity index (χ3v) is 6.84. The van der Waals surface area contributed by atoms with Gasteiger partial charge in [-0.2, -0.15) is 0 Å². The second kappa shape index (κ2) is 9.02. The van der Waals surface area contributed by atoms with Gasteiger partial charge >= 0.3 is 0 Å². The van der Waals surface area contributed by atoms with E-state index in [4.69, 9.17) is 18.0 Å². The van der Waals surface area contributed by atoms with E-state index in [2.05, 4.69) is 25.5 Å². The number of hydrogen-bond acceptors (Lipinski definition) is 7. The van der Waals surface area contributed by atoms with Gasteiger partial charge in [0.1, 0.15) is 10.6 Å². The molecule has 4 N–H and O–H groups in total. The van der Waals surface area contributed by atoms with Crippen LogP contribution in [0.1, 0.15) is 19.5 Å². The molecule has 2 aromatic rings. The van der Waals surface area contributed by atoms with Crippen LogP contribution in [0.5, 0.6) is 0 Å². The van der Waals surface area contributed by atoms with Crippen LogP contribution in [0.15, 0.2) is 30.3 Å². The van der Waals surface area contributed by atoms with Crippen LogP contribution in [-0.4, -0.2) is 61.8 Å². The van der Waals surface area contributed by atoms with Crippen LogP contribution in [0.25, 0.3) is 11.4 Å². The Morgan fingerprint density at radius 3 is 2.38 bits per heavy atom. The number of nitrogen functional groups attached to an aromatic ring is 1. The second-order valence-corrected chi connectivity index (χ2v) is 10.5. The van der Waals surface area contributed by atoms with Gasteiger partial charge in [0.25, 0.3) is 0 Å². The minimum absolute atomic E-state index is 0.218. The molecule has 0 aliphatic rings. The van der Waals surface area contributed by atoms with E-state index in [1.54, 1.807) is 13.8 Å². The van der Waals surface area contributed by atoms with Crippen molar-refractivity contribution in [2.45, 2.75) is 18.6 Å². The Kier molecular flexibility index (Phi) is 7.15. The summed E-state index contributed by atoms with van der Waals surface area (Å²) in [4.78, 5) is 10.8. The van der Waals surface area contributed by atoms with E-state index < -0.39 is 14.6 Å². The number of nitrogens with zero attached hydrogens (tertiary/aromatic N) is 3. The van der Waals surface area contributed by atoms with Crippen molar-refractivity contribution in [1.82, 2.24) is 20.2 Å². The van der Waals surface area contributed by atoms with Crippen LogP contribution >= 0.6 is 12.2 Å². The molecule has 158 valence electrons. The van der Waals surface area contributed by atoms with E-state index in [9.17, 15) is 8.42 Å². The first-order valence-corrected chi connectivity index (χ1v) is 11.3. The maximum Gasteiger partial charge on any atom is 0.170 e. The number of rotatable bonds is 7. The molecule has 29 heavy (non-hydrogen) atoms. The molecule has 0 bridgehead atoms. The number of thiocarbonyl (C=S) groups is 1. The Hall–Kier alpha value is -2.30. The van der Waals surface area contributed by atoms with Gasteiger partial charge < -0.3 is 21.3 Å². The number of likely N-dealkylation sites (N-methyl/N-ethyl adjacent to an activating group) is 1. The summed E-state index contributed by atoms with van der Waals surface area (Å²) in [6.07, 6.45) is 1.18. The van der Waals surface area contributed by atoms with Gasteiger partial charge in [0.15, 0.2) is 20.8 Å². The fourth-order valence-electron chi connectivity index (χ4n) is 2.36. The van der Waals surface area contributed by atoms with E-state index >= 15 is 0 Å². The van der Waals surface area contributed by atoms with Crippen molar-refractivity contribution in [3.05, 3.63) is 36.0 Å². The molecule has 1 aromatic heterocycles. The number of nitrogens with one attached hydrogen (secondary N) is 2. The predicted molar refractivity (Wildman–Crippen MR) is 123 cm³/mol. The molecule has 1 heterocycles. The van der Waals surface area contributed by atoms with Crippen LogP contribution in [0.2, 0.25) is 0 Å². The zero-order valence-electron chi connectivity index (χ0n) is 17.4. The van der Waals surface area contributed by atoms with Crippen LogP contribution in [0.3, 0.4) is 0 Å². The number of benzene rings is 1. The highest BCUT2D eigenvalue weighted by atomic mass is 32.2. The molecule has 0 saturated heterocycles. The van der Waals surface area contributed by atoms with Crippen LogP contribution in [0, 0.1) is 0 Å². The van der Waals surface area contributed by atoms with Gasteiger partial charge in [0, 0.05) is 36.7 Å². The summed E-state index contributed by atoms with van der Waals surface area (Å²) in [6.45, 7) is 4.82. The molecule has 1 aromatic carbocycles. The smallest absolute Gasteiger partial charge is 0.170 e. The highest BCUT2D eigenvalue weighted by molar-refractivity contribution is 7.91. The van der Waals surface area contributed by atoms with Crippen LogP contribution in [-0.2, 0) is 14.6 Å². The summed E-state index contributed by atoms with van der Waals surface area (Å²) < 4.78 is 23.1. The van der Waals surface area contributed by atoms with Crippen LogP contribution in [0.4, 0.5) is 11.5 Å². The largest absolute Gasteiger partial charge is 0.384 e. The molecule has 0 aliphatic heterocycles. The van der Waals surface area contributed by atoms with Crippen molar-refractivity contribution in [2.24, 2.45) is 0 Å². The standard InChI is InChI=1S/C19H28N6O2S2/c1-19(2,29(5,26)27)15-12-16(20)24-17(23-15)13-6-8-14(9-7-13)22-18(28)21-10-11-25(3)4/h6-9,12H,10-11H2,1-5H3,(H2,20,23,24)(H2,21,22,28). The van der Waals surface area contributed by atoms with Gasteiger partial charge in [-0.1, -0.05) is 0 Å². The maximum atomic E-state index is 12.1. The number of sulfone groups is 1. The molecule has 2 rings (SSSR count). The summed E-state index contributed by atoms with van der Waals surface area (Å²) in [6, 6.07) is 8.86. The molecular formula is C19H28N6O2S2. The van der Waals surface area contributed by atoms with Gasteiger partial charge in [-0.05, 0) is 64.4 Å². The Morgan fingerprint density at radius 1 is 1.21 bits per heavy atom. The highest BCUT2D eigenvalue weighted by Crippen LogP contribution is 2.30. The molecule has 0 atom stereocenters. The topological polar surface area (TPSA) is 113 Å². The second-order valence-electron chi connectivity index (χ2n) is 7.55. The van der Waals surface area contributed by atoms with Crippen molar-refractivity contribution < 1.29 is 8.42 Å². The van der Waals surface area contributed by atoms with E-state index in [1.807, 2.05) is 38.4 Å². The molecule has 0 amide bonds. The molecule has 0 spiro atoms. The zero-order valence-corrected chi connectivity index (χ0v) is 19.0. The summed E-state index contributed by atoms with van der Waals surface area (Å²) >= 11 is 5.29. The molecule has 0 saturated carbocycles. The van der Waals surface area contributed by atoms with E-state index in [1.165, 1.54) is 12.3 Å². The first-order chi connectivity index (χ1) is 13.4. The minimum atomic E-state index is -3.38. The SMILES string of the molecule is CN(C)CCNC(=S)Nc1ccc(-c2nc(N)cc(C(C)(C)S(C)(=O)=O)n2)cc1. The summed E-state index contributed by atoms with van der Waals surface area (Å²) in [5.74, 6) is 0.588. The number of hydrogen-bond donors (Lipinski definition) is 3. The fraction of sp³-hybridized carbons (Fsp3) is 0.421. The molecule has 0 radical (unpaired) electrons. The Labute approximate surface area is 177 Å². The zero-order chi connectivity index (χ0) is 21.8. The van der Waals surface area contributed by atoms with Crippen molar-refractivity contribution in [2.75, 3.05) is 44.5 Å². The highest BCUT2D eigenvalue weighted by Gasteiger charge is 2.34. The summed E-state index contributed by atoms with van der Waals surface area (Å²) in [5, 5.41) is 6.79. The lowest BCUT2D eigenvalue weighted by Gasteiger charge is -2.22. The first kappa shape index (κ1) is 23.0. The van der Waals surface area contributed by atoms with E-state index in [0.29, 0.717) is 16.6 Å². The first-order valence-electron chi connectivity index (χ1n) is 9.05. The molecule has 0 unspecified atom stereocenters. The molecular weight excluding hydrogens is 408 g/mol. The Bertz CT molecular complexity index is 973. The number of aromatic nitrogens is 2. The quantitative estimate of drug-likeness (QED) is 0.560. The average Bonchev–Trinajstić information content (AvgIpc) is 2.60. The maximum absolute atomic E-state index is 12.1. The molecule has 0 fully saturated rings. The number of anilines is 2. The van der Waals surface area contributed by atoms with Gasteiger partial charge in [-0.25, -0.2) is 18.4 Å². The third kappa shape index (κ3) is 6.09. The van der Waals surface area contributed by atoms with Gasteiger partial charge in [0.2, 0.25) is 0 Å². The van der Waals surface area contributed by atoms with Crippen molar-refractivity contribution in [3.63, 3.8) is 0 Å². The van der Waals surface area contributed by atoms with E-state index in [0.717, 1.165) is 24.3 Å². The van der Waals surface area contributed by atoms with Crippen molar-refractivity contribution in [3.8, 4) is 11.4 Å².